The molecule has 1 aromatic rings. The smallest absolute Gasteiger partial charge is 0.219 e. The van der Waals surface area contributed by atoms with E-state index in [-0.39, 0.29) is 11.3 Å². The molecule has 0 atom stereocenters. The number of hydrogen-bond donors (Lipinski definition) is 1. The van der Waals surface area contributed by atoms with Gasteiger partial charge in [0, 0.05) is 36.5 Å². The Bertz CT molecular complexity index is 562. The molecule has 0 aliphatic heterocycles. The van der Waals surface area contributed by atoms with Crippen molar-refractivity contribution < 1.29 is 4.79 Å². The highest BCUT2D eigenvalue weighted by atomic mass is 35.5. The first kappa shape index (κ1) is 16.8. The Morgan fingerprint density at radius 2 is 2.00 bits per heavy atom. The highest BCUT2D eigenvalue weighted by Gasteiger charge is 2.39. The van der Waals surface area contributed by atoms with Crippen LogP contribution in [0.4, 0.5) is 0 Å². The van der Waals surface area contributed by atoms with Crippen molar-refractivity contribution in [3.8, 4) is 0 Å². The van der Waals surface area contributed by atoms with Gasteiger partial charge in [0.1, 0.15) is 0 Å². The van der Waals surface area contributed by atoms with Gasteiger partial charge in [0.05, 0.1) is 0 Å². The maximum absolute atomic E-state index is 12.0. The molecule has 3 rings (SSSR count). The monoisotopic (exact) mass is 334 g/mol. The second-order valence-corrected chi connectivity index (χ2v) is 7.78. The third-order valence-corrected chi connectivity index (χ3v) is 5.97. The summed E-state index contributed by atoms with van der Waals surface area (Å²) in [6.45, 7) is 3.31. The summed E-state index contributed by atoms with van der Waals surface area (Å²) in [7, 11) is 0. The van der Waals surface area contributed by atoms with Gasteiger partial charge in [-0.25, -0.2) is 0 Å². The van der Waals surface area contributed by atoms with Crippen LogP contribution in [0.5, 0.6) is 0 Å². The van der Waals surface area contributed by atoms with Gasteiger partial charge in [-0.1, -0.05) is 23.7 Å². The number of nitrogens with two attached hydrogens (primary N) is 1. The second-order valence-electron chi connectivity index (χ2n) is 7.34. The van der Waals surface area contributed by atoms with Crippen molar-refractivity contribution >= 4 is 17.5 Å². The first-order valence-electron chi connectivity index (χ1n) is 8.77. The van der Waals surface area contributed by atoms with E-state index < -0.39 is 0 Å². The molecule has 1 aromatic carbocycles. The van der Waals surface area contributed by atoms with Crippen LogP contribution in [0.1, 0.15) is 51.0 Å². The lowest BCUT2D eigenvalue weighted by atomic mass is 9.68. The number of amides is 1. The molecule has 0 unspecified atom stereocenters. The molecule has 0 radical (unpaired) electrons. The summed E-state index contributed by atoms with van der Waals surface area (Å²) >= 11 is 6.17. The third-order valence-electron chi connectivity index (χ3n) is 5.74. The van der Waals surface area contributed by atoms with Crippen LogP contribution < -0.4 is 5.73 Å². The molecule has 0 aromatic heterocycles. The van der Waals surface area contributed by atoms with Crippen LogP contribution >= 0.6 is 11.6 Å². The lowest BCUT2D eigenvalue weighted by Gasteiger charge is -2.43. The molecule has 0 bridgehead atoms. The molecule has 3 nitrogen and oxygen atoms in total. The molecule has 2 aliphatic rings. The van der Waals surface area contributed by atoms with E-state index in [4.69, 9.17) is 17.3 Å². The fraction of sp³-hybridized carbons (Fsp3) is 0.632. The Labute approximate surface area is 144 Å². The maximum atomic E-state index is 12.0. The van der Waals surface area contributed by atoms with E-state index in [1.54, 1.807) is 6.92 Å². The number of nitrogens with zero attached hydrogens (tertiary/aromatic N) is 1. The zero-order chi connectivity index (χ0) is 16.4. The minimum atomic E-state index is 0.0173. The maximum Gasteiger partial charge on any atom is 0.219 e. The minimum Gasteiger partial charge on any atom is -0.340 e. The number of halogens is 1. The molecule has 2 fully saturated rings. The molecule has 126 valence electrons. The van der Waals surface area contributed by atoms with Gasteiger partial charge >= 0.3 is 0 Å². The van der Waals surface area contributed by atoms with Crippen LogP contribution in [0.3, 0.4) is 0 Å². The van der Waals surface area contributed by atoms with Crippen LogP contribution in [0.15, 0.2) is 24.3 Å². The predicted octanol–water partition coefficient (Wildman–Crippen LogP) is 3.74. The molecule has 2 N–H and O–H groups in total. The van der Waals surface area contributed by atoms with Gasteiger partial charge in [-0.3, -0.25) is 4.79 Å². The first-order chi connectivity index (χ1) is 11.0. The van der Waals surface area contributed by atoms with E-state index in [0.717, 1.165) is 43.2 Å². The quantitative estimate of drug-likeness (QED) is 0.891. The van der Waals surface area contributed by atoms with Gasteiger partial charge in [0.25, 0.3) is 0 Å². The zero-order valence-electron chi connectivity index (χ0n) is 13.9. The summed E-state index contributed by atoms with van der Waals surface area (Å²) in [6, 6.07) is 8.50. The van der Waals surface area contributed by atoms with E-state index in [1.165, 1.54) is 18.4 Å². The van der Waals surface area contributed by atoms with Crippen LogP contribution in [0, 0.1) is 5.92 Å². The second kappa shape index (κ2) is 6.82. The van der Waals surface area contributed by atoms with Gasteiger partial charge in [-0.15, -0.1) is 0 Å². The van der Waals surface area contributed by atoms with Crippen molar-refractivity contribution in [1.82, 2.24) is 4.90 Å². The standard InChI is InChI=1S/C19H27ClN2O/c1-14(23)22(12-15-5-6-15)18-7-9-19(13-21,10-8-18)16-3-2-4-17(20)11-16/h2-4,11,15,18H,5-10,12-13,21H2,1H3/t18-,19+. The Morgan fingerprint density at radius 1 is 1.30 bits per heavy atom. The lowest BCUT2D eigenvalue weighted by molar-refractivity contribution is -0.132. The average molecular weight is 335 g/mol. The van der Waals surface area contributed by atoms with Crippen LogP contribution in [0.2, 0.25) is 5.02 Å². The van der Waals surface area contributed by atoms with Crippen molar-refractivity contribution in [2.75, 3.05) is 13.1 Å². The zero-order valence-corrected chi connectivity index (χ0v) is 14.7. The summed E-state index contributed by atoms with van der Waals surface area (Å²) in [6.07, 6.45) is 6.70. The Hall–Kier alpha value is -1.06. The molecule has 2 aliphatic carbocycles. The van der Waals surface area contributed by atoms with Crippen LogP contribution in [0.25, 0.3) is 0 Å². The van der Waals surface area contributed by atoms with Crippen molar-refractivity contribution in [3.63, 3.8) is 0 Å². The van der Waals surface area contributed by atoms with Gasteiger partial charge in [0.15, 0.2) is 0 Å². The van der Waals surface area contributed by atoms with Gasteiger partial charge in [0.2, 0.25) is 5.91 Å². The van der Waals surface area contributed by atoms with E-state index in [0.29, 0.717) is 12.6 Å². The fourth-order valence-electron chi connectivity index (χ4n) is 4.01. The Balaban J connectivity index is 1.71. The number of carbonyl (C=O) groups is 1. The van der Waals surface area contributed by atoms with Crippen LogP contribution in [-0.2, 0) is 10.2 Å². The summed E-state index contributed by atoms with van der Waals surface area (Å²) in [4.78, 5) is 14.2. The normalized spacial score (nSPS) is 27.7. The largest absolute Gasteiger partial charge is 0.340 e. The Morgan fingerprint density at radius 3 is 2.52 bits per heavy atom. The minimum absolute atomic E-state index is 0.0173. The predicted molar refractivity (Wildman–Crippen MR) is 94.6 cm³/mol. The first-order valence-corrected chi connectivity index (χ1v) is 9.15. The van der Waals surface area contributed by atoms with Gasteiger partial charge in [-0.2, -0.15) is 0 Å². The summed E-state index contributed by atoms with van der Waals surface area (Å²) in [5.74, 6) is 0.970. The van der Waals surface area contributed by atoms with Crippen molar-refractivity contribution in [1.29, 1.82) is 0 Å². The molecule has 0 spiro atoms. The van der Waals surface area contributed by atoms with E-state index in [9.17, 15) is 4.79 Å². The molecule has 2 saturated carbocycles. The van der Waals surface area contributed by atoms with E-state index >= 15 is 0 Å². The van der Waals surface area contributed by atoms with E-state index in [2.05, 4.69) is 17.0 Å². The molecule has 23 heavy (non-hydrogen) atoms. The van der Waals surface area contributed by atoms with E-state index in [1.807, 2.05) is 12.1 Å². The lowest BCUT2D eigenvalue weighted by Crippen LogP contribution is -2.47. The topological polar surface area (TPSA) is 46.3 Å². The molecule has 1 amide bonds. The molecular weight excluding hydrogens is 308 g/mol. The highest BCUT2D eigenvalue weighted by Crippen LogP contribution is 2.41. The summed E-state index contributed by atoms with van der Waals surface area (Å²) in [5.41, 5.74) is 7.44. The highest BCUT2D eigenvalue weighted by molar-refractivity contribution is 6.30. The van der Waals surface area contributed by atoms with Crippen molar-refractivity contribution in [2.24, 2.45) is 11.7 Å². The number of hydrogen-bond acceptors (Lipinski definition) is 2. The molecule has 0 saturated heterocycles. The molecular formula is C19H27ClN2O. The number of carbonyl (C=O) groups excluding carboxylic acids is 1. The van der Waals surface area contributed by atoms with Crippen molar-refractivity contribution in [3.05, 3.63) is 34.9 Å². The fourth-order valence-corrected chi connectivity index (χ4v) is 4.20. The summed E-state index contributed by atoms with van der Waals surface area (Å²) < 4.78 is 0. The van der Waals surface area contributed by atoms with Crippen molar-refractivity contribution in [2.45, 2.75) is 56.9 Å². The SMILES string of the molecule is CC(=O)N(CC1CC1)[C@H]1CC[C@@](CN)(c2cccc(Cl)c2)CC1. The number of rotatable bonds is 5. The van der Waals surface area contributed by atoms with Gasteiger partial charge < -0.3 is 10.6 Å². The van der Waals surface area contributed by atoms with Gasteiger partial charge in [-0.05, 0) is 62.1 Å². The molecule has 0 heterocycles. The number of benzene rings is 1. The third kappa shape index (κ3) is 3.72. The van der Waals surface area contributed by atoms with Crippen LogP contribution in [-0.4, -0.2) is 29.9 Å². The summed E-state index contributed by atoms with van der Waals surface area (Å²) in [5, 5.41) is 0.775. The molecule has 4 heteroatoms. The Kier molecular flexibility index (Phi) is 4.98. The average Bonchev–Trinajstić information content (AvgIpc) is 3.37.